The van der Waals surface area contributed by atoms with Gasteiger partial charge in [-0.25, -0.2) is 24.0 Å². The number of amides is 13. The Hall–Kier alpha value is -9.31. The lowest BCUT2D eigenvalue weighted by Gasteiger charge is -2.27. The minimum absolute atomic E-state index is 0.0203. The van der Waals surface area contributed by atoms with E-state index in [-0.39, 0.29) is 112 Å². The summed E-state index contributed by atoms with van der Waals surface area (Å²) in [4.78, 5) is 128. The lowest BCUT2D eigenvalue weighted by atomic mass is 10.1. The number of carbonyl (C=O) groups excluding carboxylic acids is 8. The number of methoxy groups -OCH3 is 1. The first-order chi connectivity index (χ1) is 50.5. The molecule has 2 aromatic rings. The molecule has 5 saturated heterocycles. The third-order valence-electron chi connectivity index (χ3n) is 15.2. The van der Waals surface area contributed by atoms with E-state index in [0.29, 0.717) is 107 Å². The van der Waals surface area contributed by atoms with Gasteiger partial charge in [-0.2, -0.15) is 0 Å². The SMILES string of the molecule is CC1CCCNC(=O)N1.CC1CCNC(=O)N1.CC1CNC(=O)N1.CC1CNC(=O)N1.CCC1CCNC(=O)N1.COc1cc(C(C)N)c([N+](=O)[O-])cc1OCCCC(=O)O.NCCCOCCOCCOCCCNC(=O)CCC(=O)NC(CCN=C(N)N)C(=O)N(CCC(=O)O)Cc1ccc(Br)cc1. The number of nitrogens with two attached hydrogens (primary N) is 4. The van der Waals surface area contributed by atoms with Crippen molar-refractivity contribution in [2.45, 2.75) is 174 Å². The van der Waals surface area contributed by atoms with E-state index >= 15 is 0 Å². The molecule has 0 radical (unpaired) electrons. The van der Waals surface area contributed by atoms with Gasteiger partial charge >= 0.3 is 42.1 Å². The van der Waals surface area contributed by atoms with Gasteiger partial charge in [-0.3, -0.25) is 39.1 Å². The maximum Gasteiger partial charge on any atom is 0.315 e. The van der Waals surface area contributed by atoms with Crippen molar-refractivity contribution in [3.63, 3.8) is 0 Å². The summed E-state index contributed by atoms with van der Waals surface area (Å²) in [6.45, 7) is 19.8. The summed E-state index contributed by atoms with van der Waals surface area (Å²) in [6, 6.07) is 9.93. The molecule has 600 valence electrons. The molecule has 13 amide bonds. The number of halogens is 1. The van der Waals surface area contributed by atoms with Crippen molar-refractivity contribution < 1.29 is 86.8 Å². The Balaban J connectivity index is 0.000000738. The van der Waals surface area contributed by atoms with Gasteiger partial charge in [0.25, 0.3) is 5.69 Å². The number of carboxylic acid groups (broad SMARTS) is 2. The van der Waals surface area contributed by atoms with E-state index in [2.05, 4.69) is 91.6 Å². The van der Waals surface area contributed by atoms with Crippen LogP contribution in [-0.4, -0.2) is 234 Å². The normalized spacial score (nSPS) is 17.9. The van der Waals surface area contributed by atoms with Crippen molar-refractivity contribution in [2.24, 2.45) is 27.9 Å². The number of nitrogens with zero attached hydrogens (tertiary/aromatic N) is 3. The van der Waals surface area contributed by atoms with Gasteiger partial charge < -0.3 is 126 Å². The zero-order valence-electron chi connectivity index (χ0n) is 62.1. The third kappa shape index (κ3) is 47.9. The first-order valence-corrected chi connectivity index (χ1v) is 36.2. The summed E-state index contributed by atoms with van der Waals surface area (Å²) in [5.74, 6) is -2.95. The van der Waals surface area contributed by atoms with E-state index in [1.165, 1.54) is 24.1 Å². The molecule has 5 heterocycles. The topological polar surface area (TPSA) is 564 Å². The number of nitrogens with one attached hydrogen (secondary N) is 12. The number of rotatable bonds is 35. The molecule has 5 aliphatic heterocycles. The van der Waals surface area contributed by atoms with Crippen LogP contribution in [-0.2, 0) is 44.7 Å². The van der Waals surface area contributed by atoms with Gasteiger partial charge in [0.15, 0.2) is 17.5 Å². The first-order valence-electron chi connectivity index (χ1n) is 35.4. The number of nitro groups is 1. The van der Waals surface area contributed by atoms with Gasteiger partial charge in [0, 0.05) is 132 Å². The lowest BCUT2D eigenvalue weighted by Crippen LogP contribution is -2.49. The van der Waals surface area contributed by atoms with Gasteiger partial charge in [-0.1, -0.05) is 35.0 Å². The average molecular weight is 1570 g/mol. The number of benzene rings is 2. The first kappa shape index (κ1) is 94.7. The summed E-state index contributed by atoms with van der Waals surface area (Å²) < 4.78 is 27.6. The molecular formula is C67H116BrN19O19. The van der Waals surface area contributed by atoms with Crippen molar-refractivity contribution in [3.8, 4) is 11.5 Å². The number of aliphatic imine (C=N–C) groups is 1. The van der Waals surface area contributed by atoms with Crippen LogP contribution in [0.1, 0.15) is 142 Å². The Kier molecular flexibility index (Phi) is 50.9. The van der Waals surface area contributed by atoms with E-state index in [9.17, 15) is 63.2 Å². The number of hydrogen-bond acceptors (Lipinski definition) is 20. The van der Waals surface area contributed by atoms with Gasteiger partial charge in [-0.05, 0) is 123 Å². The van der Waals surface area contributed by atoms with Crippen molar-refractivity contribution in [3.05, 3.63) is 62.1 Å². The van der Waals surface area contributed by atoms with Crippen LogP contribution in [0.3, 0.4) is 0 Å². The zero-order chi connectivity index (χ0) is 79.2. The highest BCUT2D eigenvalue weighted by molar-refractivity contribution is 9.10. The molecule has 22 N–H and O–H groups in total. The largest absolute Gasteiger partial charge is 0.493 e. The third-order valence-corrected chi connectivity index (χ3v) is 15.7. The number of urea groups is 5. The number of carboxylic acids is 2. The molecular weight excluding hydrogens is 1450 g/mol. The number of ether oxygens (including phenoxy) is 5. The number of aliphatic carboxylic acids is 2. The molecule has 7 atom stereocenters. The number of carbonyl (C=O) groups is 10. The minimum Gasteiger partial charge on any atom is -0.493 e. The van der Waals surface area contributed by atoms with Crippen LogP contribution in [0.25, 0.3) is 0 Å². The second-order valence-corrected chi connectivity index (χ2v) is 25.6. The van der Waals surface area contributed by atoms with Crippen LogP contribution in [0, 0.1) is 10.1 Å². The molecule has 0 spiro atoms. The molecule has 39 heteroatoms. The molecule has 38 nitrogen and oxygen atoms in total. The highest BCUT2D eigenvalue weighted by atomic mass is 79.9. The summed E-state index contributed by atoms with van der Waals surface area (Å²) in [6.07, 6.45) is 6.53. The Morgan fingerprint density at radius 1 is 0.679 bits per heavy atom. The minimum atomic E-state index is -1.06. The maximum atomic E-state index is 13.5. The van der Waals surface area contributed by atoms with Gasteiger partial charge in [0.2, 0.25) is 17.7 Å². The monoisotopic (exact) mass is 1570 g/mol. The van der Waals surface area contributed by atoms with E-state index in [1.54, 1.807) is 19.1 Å². The molecule has 7 rings (SSSR count). The van der Waals surface area contributed by atoms with Crippen LogP contribution in [0.15, 0.2) is 45.9 Å². The molecule has 5 fully saturated rings. The van der Waals surface area contributed by atoms with E-state index in [4.69, 9.17) is 51.7 Å². The van der Waals surface area contributed by atoms with Crippen LogP contribution in [0.2, 0.25) is 0 Å². The Labute approximate surface area is 627 Å². The summed E-state index contributed by atoms with van der Waals surface area (Å²) >= 11 is 3.36. The van der Waals surface area contributed by atoms with E-state index in [0.717, 1.165) is 81.3 Å². The fourth-order valence-corrected chi connectivity index (χ4v) is 9.67. The highest BCUT2D eigenvalue weighted by Crippen LogP contribution is 2.37. The van der Waals surface area contributed by atoms with Gasteiger partial charge in [0.05, 0.1) is 63.1 Å². The molecule has 106 heavy (non-hydrogen) atoms. The van der Waals surface area contributed by atoms with Crippen LogP contribution < -0.4 is 96.2 Å². The molecule has 0 aromatic heterocycles. The van der Waals surface area contributed by atoms with Crippen molar-refractivity contribution in [1.82, 2.24) is 68.7 Å². The summed E-state index contributed by atoms with van der Waals surface area (Å²) in [5.41, 5.74) is 22.9. The van der Waals surface area contributed by atoms with Crippen LogP contribution >= 0.6 is 15.9 Å². The van der Waals surface area contributed by atoms with E-state index < -0.39 is 40.8 Å². The molecule has 2 aromatic carbocycles. The number of nitro benzene ring substituents is 1. The smallest absolute Gasteiger partial charge is 0.315 e. The summed E-state index contributed by atoms with van der Waals surface area (Å²) in [5, 5.41) is 61.2. The van der Waals surface area contributed by atoms with Gasteiger partial charge in [0.1, 0.15) is 6.04 Å². The van der Waals surface area contributed by atoms with Crippen LogP contribution in [0.4, 0.5) is 29.7 Å². The van der Waals surface area contributed by atoms with Crippen molar-refractivity contribution >= 4 is 87.4 Å². The van der Waals surface area contributed by atoms with Crippen molar-refractivity contribution in [2.75, 3.05) is 112 Å². The van der Waals surface area contributed by atoms with Crippen molar-refractivity contribution in [1.29, 1.82) is 0 Å². The highest BCUT2D eigenvalue weighted by Gasteiger charge is 2.28. The maximum absolute atomic E-state index is 13.5. The zero-order valence-corrected chi connectivity index (χ0v) is 63.7. The van der Waals surface area contributed by atoms with Crippen LogP contribution in [0.5, 0.6) is 11.5 Å². The standard InChI is InChI=1S/C29H48BrN7O8.C13H18N2O6.2C6H12N2O.C5H10N2O.2C4H8N2O/c30-23-5-3-22(4-6-23)21-37(14-10-27(40)41)28(42)24(9-13-35-29(32)33)36-26(39)8-7-25(38)34-12-2-16-44-18-20-45-19-17-43-15-1-11-31;1-8(14)9-6-11(20-2)12(7-10(9)15(18)19)21-5-3-4-13(16)17;1-5-3-2-4-7-6(9)8-5;1-2-5-3-4-7-6(9)8-5;1-4-2-3-6-5(8)7-4;2*1-3-2-5-4(7)6-3/h3-6,24H,1-2,7-21,31H2,(H,34,38)(H,36,39)(H,40,41)(H4,32,33,35);6-8H,3-5,14H2,1-2H3,(H,16,17);2*5H,2-4H2,1H3,(H2,7,8,9);4H,2-3H2,1H3,(H2,6,7,8);2*3H,2H2,1H3,(H2,5,6,7). The second kappa shape index (κ2) is 57.0. The predicted octanol–water partition coefficient (Wildman–Crippen LogP) is 2.34. The second-order valence-electron chi connectivity index (χ2n) is 24.7. The molecule has 0 aliphatic carbocycles. The Morgan fingerprint density at radius 2 is 1.21 bits per heavy atom. The lowest BCUT2D eigenvalue weighted by molar-refractivity contribution is -0.385. The molecule has 7 unspecified atom stereocenters. The molecule has 5 aliphatic rings. The average Bonchev–Trinajstić information content (AvgIpc) is 0.814. The Morgan fingerprint density at radius 3 is 1.69 bits per heavy atom. The predicted molar refractivity (Wildman–Crippen MR) is 400 cm³/mol. The van der Waals surface area contributed by atoms with E-state index in [1.807, 2.05) is 39.8 Å². The molecule has 0 saturated carbocycles. The molecule has 0 bridgehead atoms. The number of guanidine groups is 1. The Bertz CT molecular complexity index is 2970. The van der Waals surface area contributed by atoms with Gasteiger partial charge in [-0.15, -0.1) is 0 Å². The fraction of sp³-hybridized carbons (Fsp3) is 0.657. The number of hydrogen-bond donors (Lipinski definition) is 18. The summed E-state index contributed by atoms with van der Waals surface area (Å²) in [7, 11) is 1.41. The quantitative estimate of drug-likeness (QED) is 0.0155. The fourth-order valence-electron chi connectivity index (χ4n) is 9.41.